The topological polar surface area (TPSA) is 35.5 Å². The maximum absolute atomic E-state index is 7.21. The molecule has 1 atom stereocenters. The second kappa shape index (κ2) is 14.1. The van der Waals surface area contributed by atoms with E-state index in [1.165, 1.54) is 27.8 Å². The fourth-order valence-electron chi connectivity index (χ4n) is 7.02. The number of hydrogen-bond acceptors (Lipinski definition) is 3. The normalized spacial score (nSPS) is 14.5. The van der Waals surface area contributed by atoms with Gasteiger partial charge in [0.05, 0.1) is 6.10 Å². The van der Waals surface area contributed by atoms with E-state index in [1.807, 2.05) is 0 Å². The summed E-state index contributed by atoms with van der Waals surface area (Å²) in [5.74, 6) is 0. The van der Waals surface area contributed by atoms with Gasteiger partial charge in [0.25, 0.3) is 0 Å². The van der Waals surface area contributed by atoms with Crippen LogP contribution in [0.1, 0.15) is 165 Å². The number of hydrogen-bond donors (Lipinski definition) is 0. The van der Waals surface area contributed by atoms with Crippen molar-refractivity contribution in [2.75, 3.05) is 6.16 Å². The van der Waals surface area contributed by atoms with Crippen LogP contribution >= 0.6 is 16.2 Å². The molecule has 0 aliphatic carbocycles. The summed E-state index contributed by atoms with van der Waals surface area (Å²) in [6.07, 6.45) is 1.84. The van der Waals surface area contributed by atoms with Gasteiger partial charge in [0.15, 0.2) is 0 Å². The molecule has 4 rings (SSSR count). The molecule has 50 heavy (non-hydrogen) atoms. The smallest absolute Gasteiger partial charge is 0.388 e. The lowest BCUT2D eigenvalue weighted by molar-refractivity contribution is 0.258. The molecule has 0 aliphatic rings. The van der Waals surface area contributed by atoms with Gasteiger partial charge in [0.1, 0.15) is 11.2 Å². The monoisotopic (exact) mass is 718 g/mol. The van der Waals surface area contributed by atoms with Crippen molar-refractivity contribution in [1.82, 2.24) is 0 Å². The van der Waals surface area contributed by atoms with Crippen LogP contribution < -0.4 is 4.52 Å². The van der Waals surface area contributed by atoms with E-state index in [0.717, 1.165) is 34.5 Å². The minimum Gasteiger partial charge on any atom is -0.399 e. The molecule has 0 bridgehead atoms. The summed E-state index contributed by atoms with van der Waals surface area (Å²) in [6, 6.07) is 20.2. The Bertz CT molecular complexity index is 1720. The Balaban J connectivity index is 2.14. The molecular formula is C45H68O3P2. The van der Waals surface area contributed by atoms with Crippen molar-refractivity contribution in [2.24, 2.45) is 0 Å². The zero-order valence-corrected chi connectivity index (χ0v) is 36.6. The molecule has 1 aromatic heterocycles. The zero-order valence-electron chi connectivity index (χ0n) is 34.8. The van der Waals surface area contributed by atoms with E-state index in [1.54, 1.807) is 0 Å². The van der Waals surface area contributed by atoms with E-state index in [9.17, 15) is 0 Å². The number of rotatable bonds is 6. The standard InChI is InChI=1S/C45H68O3P2/c1-40(2,3)31-26-33-34-27-32(41(4,5)6)29-36(43(10,11)12)39(34)48-50(47-38(33)35(28-31)42(7,8)9)46-37(30-22-20-19-21-23-30)24-25-49(44(13,14)15)45(16,17)18/h19-23,26-29,37H,24-25H2,1-18H3. The van der Waals surface area contributed by atoms with E-state index in [-0.39, 0.29) is 46.0 Å². The van der Waals surface area contributed by atoms with Crippen molar-refractivity contribution in [3.8, 4) is 0 Å². The molecule has 0 saturated heterocycles. The zero-order chi connectivity index (χ0) is 37.8. The van der Waals surface area contributed by atoms with Crippen LogP contribution in [0.25, 0.3) is 21.9 Å². The minimum atomic E-state index is -1.82. The van der Waals surface area contributed by atoms with Crippen LogP contribution in [0.3, 0.4) is 0 Å². The van der Waals surface area contributed by atoms with Crippen LogP contribution in [0.4, 0.5) is 0 Å². The summed E-state index contributed by atoms with van der Waals surface area (Å²) in [4.78, 5) is 0. The summed E-state index contributed by atoms with van der Waals surface area (Å²) in [7, 11) is -2.12. The molecule has 0 N–H and O–H groups in total. The number of fused-ring (bicyclic) bond motifs is 3. The molecule has 3 nitrogen and oxygen atoms in total. The Kier molecular flexibility index (Phi) is 11.5. The van der Waals surface area contributed by atoms with Crippen molar-refractivity contribution in [1.29, 1.82) is 0 Å². The molecule has 0 radical (unpaired) electrons. The Morgan fingerprint density at radius 3 is 1.30 bits per heavy atom. The summed E-state index contributed by atoms with van der Waals surface area (Å²) in [6.45, 7) is 41.9. The molecular weight excluding hydrogens is 650 g/mol. The van der Waals surface area contributed by atoms with Crippen molar-refractivity contribution < 1.29 is 12.9 Å². The minimum absolute atomic E-state index is 0.0467. The van der Waals surface area contributed by atoms with Gasteiger partial charge in [0.2, 0.25) is 0 Å². The SMILES string of the molecule is CC(C)(C)c1cc(C(C)(C)C)c2op(OC(CCP(C(C)(C)C)C(C)(C)C)c3ccccc3)oc3c(C(C)(C)C)cc(C(C)(C)C)cc3c2c1. The molecule has 1 unspecified atom stereocenters. The van der Waals surface area contributed by atoms with Crippen molar-refractivity contribution in [2.45, 2.75) is 169 Å². The predicted octanol–water partition coefficient (Wildman–Crippen LogP) is 15.1. The van der Waals surface area contributed by atoms with Gasteiger partial charge in [0, 0.05) is 21.9 Å². The van der Waals surface area contributed by atoms with Gasteiger partial charge in [-0.2, -0.15) is 0 Å². The maximum Gasteiger partial charge on any atom is 0.388 e. The predicted molar refractivity (Wildman–Crippen MR) is 223 cm³/mol. The molecule has 0 amide bonds. The highest BCUT2D eigenvalue weighted by molar-refractivity contribution is 7.60. The lowest BCUT2D eigenvalue weighted by Crippen LogP contribution is -2.27. The van der Waals surface area contributed by atoms with Crippen LogP contribution in [0, 0.1) is 0 Å². The van der Waals surface area contributed by atoms with E-state index < -0.39 is 8.24 Å². The van der Waals surface area contributed by atoms with Crippen molar-refractivity contribution >= 4 is 38.1 Å². The molecule has 0 spiro atoms. The van der Waals surface area contributed by atoms with Crippen LogP contribution in [0.15, 0.2) is 63.0 Å². The van der Waals surface area contributed by atoms with Crippen molar-refractivity contribution in [3.05, 3.63) is 82.4 Å². The molecule has 3 aromatic carbocycles. The molecule has 0 aliphatic heterocycles. The average Bonchev–Trinajstić information content (AvgIpc) is 3.09. The average molecular weight is 719 g/mol. The van der Waals surface area contributed by atoms with Crippen molar-refractivity contribution in [3.63, 3.8) is 0 Å². The van der Waals surface area contributed by atoms with Crippen LogP contribution in [-0.2, 0) is 21.7 Å². The van der Waals surface area contributed by atoms with Gasteiger partial charge < -0.3 is 8.39 Å². The Labute approximate surface area is 307 Å². The third kappa shape index (κ3) is 9.48. The van der Waals surface area contributed by atoms with Gasteiger partial charge in [-0.05, 0) is 73.4 Å². The first-order valence-corrected chi connectivity index (χ1v) is 21.2. The second-order valence-corrected chi connectivity index (χ2v) is 25.5. The van der Waals surface area contributed by atoms with Gasteiger partial charge in [-0.15, -0.1) is 0 Å². The van der Waals surface area contributed by atoms with E-state index in [4.69, 9.17) is 12.9 Å². The third-order valence-electron chi connectivity index (χ3n) is 9.77. The van der Waals surface area contributed by atoms with Gasteiger partial charge in [-0.3, -0.25) is 4.52 Å². The first-order chi connectivity index (χ1) is 22.6. The highest BCUT2D eigenvalue weighted by atomic mass is 31.1. The summed E-state index contributed by atoms with van der Waals surface area (Å²) < 4.78 is 21.6. The van der Waals surface area contributed by atoms with Crippen LogP contribution in [-0.4, -0.2) is 16.5 Å². The lowest BCUT2D eigenvalue weighted by Gasteiger charge is -2.42. The first-order valence-electron chi connectivity index (χ1n) is 18.6. The van der Waals surface area contributed by atoms with Crippen LogP contribution in [0.2, 0.25) is 0 Å². The van der Waals surface area contributed by atoms with E-state index in [2.05, 4.69) is 179 Å². The highest BCUT2D eigenvalue weighted by Crippen LogP contribution is 2.60. The van der Waals surface area contributed by atoms with E-state index >= 15 is 0 Å². The summed E-state index contributed by atoms with van der Waals surface area (Å²) in [5, 5.41) is 2.66. The number of benzene rings is 3. The quantitative estimate of drug-likeness (QED) is 0.186. The fourth-order valence-corrected chi connectivity index (χ4v) is 12.1. The molecule has 0 fully saturated rings. The Morgan fingerprint density at radius 1 is 0.560 bits per heavy atom. The molecule has 4 aromatic rings. The molecule has 0 saturated carbocycles. The largest absolute Gasteiger partial charge is 0.399 e. The Hall–Kier alpha value is -2.05. The summed E-state index contributed by atoms with van der Waals surface area (Å²) in [5.41, 5.74) is 7.48. The van der Waals surface area contributed by atoms with Gasteiger partial charge >= 0.3 is 8.24 Å². The van der Waals surface area contributed by atoms with Gasteiger partial charge in [-0.25, -0.2) is 0 Å². The Morgan fingerprint density at radius 2 is 0.960 bits per heavy atom. The molecule has 276 valence electrons. The molecule has 1 heterocycles. The van der Waals surface area contributed by atoms with E-state index in [0.29, 0.717) is 0 Å². The highest BCUT2D eigenvalue weighted by Gasteiger charge is 2.35. The first kappa shape index (κ1) is 40.7. The lowest BCUT2D eigenvalue weighted by atomic mass is 9.77. The maximum atomic E-state index is 7.21. The molecule has 5 heteroatoms. The third-order valence-corrected chi connectivity index (χ3v) is 14.8. The summed E-state index contributed by atoms with van der Waals surface area (Å²) >= 11 is 0. The second-order valence-electron chi connectivity index (χ2n) is 20.5. The fraction of sp³-hybridized carbons (Fsp3) is 0.600. The van der Waals surface area contributed by atoms with Gasteiger partial charge in [-0.1, -0.05) is 175 Å². The van der Waals surface area contributed by atoms with Crippen LogP contribution in [0.5, 0.6) is 0 Å².